The number of rotatable bonds is 3. The molecule has 1 atom stereocenters. The highest BCUT2D eigenvalue weighted by Gasteiger charge is 2.22. The van der Waals surface area contributed by atoms with Crippen molar-refractivity contribution in [2.45, 2.75) is 30.5 Å². The van der Waals surface area contributed by atoms with E-state index in [2.05, 4.69) is 37.9 Å². The Kier molecular flexibility index (Phi) is 4.71. The molecule has 0 bridgehead atoms. The summed E-state index contributed by atoms with van der Waals surface area (Å²) in [6.45, 7) is 0. The predicted octanol–water partition coefficient (Wildman–Crippen LogP) is 6.02. The average molecular weight is 434 g/mol. The fourth-order valence-electron chi connectivity index (χ4n) is 2.71. The van der Waals surface area contributed by atoms with Gasteiger partial charge in [-0.15, -0.1) is 11.3 Å². The summed E-state index contributed by atoms with van der Waals surface area (Å²) in [4.78, 5) is 2.79. The first-order valence-corrected chi connectivity index (χ1v) is 9.41. The number of thiophene rings is 1. The van der Waals surface area contributed by atoms with Crippen LogP contribution in [0.25, 0.3) is 0 Å². The Bertz CT molecular complexity index is 645. The second-order valence-electron chi connectivity index (χ2n) is 5.18. The molecule has 0 amide bonds. The van der Waals surface area contributed by atoms with E-state index in [0.717, 1.165) is 5.56 Å². The zero-order chi connectivity index (χ0) is 15.0. The third-order valence-electron chi connectivity index (χ3n) is 3.81. The van der Waals surface area contributed by atoms with E-state index in [0.29, 0.717) is 10.2 Å². The number of methoxy groups -OCH3 is 1. The number of hydrogen-bond acceptors (Lipinski definition) is 2. The van der Waals surface area contributed by atoms with E-state index >= 15 is 0 Å². The van der Waals surface area contributed by atoms with Gasteiger partial charge < -0.3 is 4.74 Å². The molecule has 21 heavy (non-hydrogen) atoms. The SMILES string of the molecule is COc1cc(F)c(Br)cc1C(Br)c1cc2c(s1)CCCC2. The van der Waals surface area contributed by atoms with Gasteiger partial charge in [-0.3, -0.25) is 0 Å². The fraction of sp³-hybridized carbons (Fsp3) is 0.375. The van der Waals surface area contributed by atoms with Gasteiger partial charge in [0, 0.05) is 21.4 Å². The van der Waals surface area contributed by atoms with Gasteiger partial charge >= 0.3 is 0 Å². The quantitative estimate of drug-likeness (QED) is 0.537. The molecule has 112 valence electrons. The molecule has 3 rings (SSSR count). The van der Waals surface area contributed by atoms with Crippen LogP contribution in [0.1, 0.15) is 38.6 Å². The minimum absolute atomic E-state index is 0.0277. The lowest BCUT2D eigenvalue weighted by molar-refractivity contribution is 0.406. The molecule has 5 heteroatoms. The molecule has 0 N–H and O–H groups in total. The first kappa shape index (κ1) is 15.5. The van der Waals surface area contributed by atoms with Gasteiger partial charge in [-0.1, -0.05) is 15.9 Å². The van der Waals surface area contributed by atoms with Crippen LogP contribution in [0.15, 0.2) is 22.7 Å². The Balaban J connectivity index is 1.99. The number of alkyl halides is 1. The highest BCUT2D eigenvalue weighted by atomic mass is 79.9. The summed E-state index contributed by atoms with van der Waals surface area (Å²) in [5, 5.41) is 0. The first-order chi connectivity index (χ1) is 10.1. The second kappa shape index (κ2) is 6.39. The van der Waals surface area contributed by atoms with Crippen molar-refractivity contribution in [1.82, 2.24) is 0 Å². The van der Waals surface area contributed by atoms with Crippen molar-refractivity contribution >= 4 is 43.2 Å². The standard InChI is InChI=1S/C16H15Br2FOS/c1-20-13-8-12(19)11(17)7-10(13)16(18)15-6-9-4-2-3-5-14(9)21-15/h6-8,16H,2-5H2,1H3. The van der Waals surface area contributed by atoms with Crippen LogP contribution < -0.4 is 4.74 Å². The van der Waals surface area contributed by atoms with Gasteiger partial charge in [-0.25, -0.2) is 4.39 Å². The highest BCUT2D eigenvalue weighted by molar-refractivity contribution is 9.10. The summed E-state index contributed by atoms with van der Waals surface area (Å²) in [7, 11) is 1.57. The third-order valence-corrected chi connectivity index (χ3v) is 7.01. The minimum atomic E-state index is -0.305. The van der Waals surface area contributed by atoms with Gasteiger partial charge in [0.1, 0.15) is 11.6 Å². The Hall–Kier alpha value is -0.390. The number of halogens is 3. The predicted molar refractivity (Wildman–Crippen MR) is 92.4 cm³/mol. The largest absolute Gasteiger partial charge is 0.496 e. The molecule has 1 aromatic heterocycles. The van der Waals surface area contributed by atoms with Crippen LogP contribution in [0.2, 0.25) is 0 Å². The van der Waals surface area contributed by atoms with E-state index in [1.54, 1.807) is 13.2 Å². The van der Waals surface area contributed by atoms with Crippen LogP contribution in [-0.2, 0) is 12.8 Å². The number of aryl methyl sites for hydroxylation is 2. The molecule has 0 radical (unpaired) electrons. The van der Waals surface area contributed by atoms with E-state index in [-0.39, 0.29) is 10.6 Å². The molecule has 0 fully saturated rings. The van der Waals surface area contributed by atoms with E-state index in [4.69, 9.17) is 4.74 Å². The smallest absolute Gasteiger partial charge is 0.141 e. The number of benzene rings is 1. The Morgan fingerprint density at radius 1 is 1.24 bits per heavy atom. The average Bonchev–Trinajstić information content (AvgIpc) is 2.92. The van der Waals surface area contributed by atoms with Crippen molar-refractivity contribution in [1.29, 1.82) is 0 Å². The van der Waals surface area contributed by atoms with Gasteiger partial charge in [0.2, 0.25) is 0 Å². The number of fused-ring (bicyclic) bond motifs is 1. The summed E-state index contributed by atoms with van der Waals surface area (Å²) >= 11 is 8.87. The maximum absolute atomic E-state index is 13.7. The van der Waals surface area contributed by atoms with Crippen LogP contribution in [0.3, 0.4) is 0 Å². The zero-order valence-corrected chi connectivity index (χ0v) is 15.6. The summed E-state index contributed by atoms with van der Waals surface area (Å²) in [6.07, 6.45) is 4.92. The summed E-state index contributed by atoms with van der Waals surface area (Å²) < 4.78 is 19.5. The van der Waals surface area contributed by atoms with E-state index < -0.39 is 0 Å². The summed E-state index contributed by atoms with van der Waals surface area (Å²) in [6, 6.07) is 5.52. The monoisotopic (exact) mass is 432 g/mol. The Labute approximate surface area is 144 Å². The van der Waals surface area contributed by atoms with Crippen molar-refractivity contribution in [3.05, 3.63) is 49.4 Å². The van der Waals surface area contributed by atoms with Crippen LogP contribution >= 0.6 is 43.2 Å². The molecule has 2 aromatic rings. The van der Waals surface area contributed by atoms with Gasteiger partial charge in [0.25, 0.3) is 0 Å². The summed E-state index contributed by atoms with van der Waals surface area (Å²) in [5.41, 5.74) is 2.43. The number of ether oxygens (including phenoxy) is 1. The lowest BCUT2D eigenvalue weighted by atomic mass is 9.98. The normalized spacial score (nSPS) is 15.6. The van der Waals surface area contributed by atoms with Crippen molar-refractivity contribution < 1.29 is 9.13 Å². The molecule has 1 unspecified atom stereocenters. The fourth-order valence-corrected chi connectivity index (χ4v) is 5.10. The van der Waals surface area contributed by atoms with E-state index in [9.17, 15) is 4.39 Å². The topological polar surface area (TPSA) is 9.23 Å². The highest BCUT2D eigenvalue weighted by Crippen LogP contribution is 2.43. The minimum Gasteiger partial charge on any atom is -0.496 e. The molecule has 0 saturated heterocycles. The molecular formula is C16H15Br2FOS. The molecule has 0 aliphatic heterocycles. The van der Waals surface area contributed by atoms with Crippen molar-refractivity contribution in [3.63, 3.8) is 0 Å². The van der Waals surface area contributed by atoms with Crippen molar-refractivity contribution in [2.75, 3.05) is 7.11 Å². The van der Waals surface area contributed by atoms with Crippen LogP contribution in [0.4, 0.5) is 4.39 Å². The molecule has 1 aliphatic rings. The Morgan fingerprint density at radius 2 is 2.00 bits per heavy atom. The van der Waals surface area contributed by atoms with Crippen LogP contribution in [0, 0.1) is 5.82 Å². The van der Waals surface area contributed by atoms with Gasteiger partial charge in [-0.2, -0.15) is 0 Å². The zero-order valence-electron chi connectivity index (χ0n) is 11.6. The molecule has 0 saturated carbocycles. The molecule has 1 nitrogen and oxygen atoms in total. The third kappa shape index (κ3) is 3.06. The first-order valence-electron chi connectivity index (χ1n) is 6.88. The van der Waals surface area contributed by atoms with Crippen molar-refractivity contribution in [2.24, 2.45) is 0 Å². The van der Waals surface area contributed by atoms with Crippen LogP contribution in [0.5, 0.6) is 5.75 Å². The maximum Gasteiger partial charge on any atom is 0.141 e. The van der Waals surface area contributed by atoms with Gasteiger partial charge in [0.05, 0.1) is 16.4 Å². The van der Waals surface area contributed by atoms with Crippen molar-refractivity contribution in [3.8, 4) is 5.75 Å². The lowest BCUT2D eigenvalue weighted by Gasteiger charge is -2.14. The lowest BCUT2D eigenvalue weighted by Crippen LogP contribution is -1.97. The van der Waals surface area contributed by atoms with E-state index in [1.165, 1.54) is 47.1 Å². The molecule has 1 heterocycles. The second-order valence-corrected chi connectivity index (χ2v) is 8.11. The molecule has 1 aliphatic carbocycles. The molecule has 0 spiro atoms. The van der Waals surface area contributed by atoms with Gasteiger partial charge in [0.15, 0.2) is 0 Å². The molecular weight excluding hydrogens is 419 g/mol. The van der Waals surface area contributed by atoms with Crippen LogP contribution in [-0.4, -0.2) is 7.11 Å². The van der Waals surface area contributed by atoms with Gasteiger partial charge in [-0.05, 0) is 59.3 Å². The molecule has 1 aromatic carbocycles. The van der Waals surface area contributed by atoms with E-state index in [1.807, 2.05) is 11.3 Å². The Morgan fingerprint density at radius 3 is 2.71 bits per heavy atom. The number of hydrogen-bond donors (Lipinski definition) is 0. The maximum atomic E-state index is 13.7. The summed E-state index contributed by atoms with van der Waals surface area (Å²) in [5.74, 6) is 0.268.